The number of sulfonamides is 1. The zero-order valence-electron chi connectivity index (χ0n) is 12.0. The molecule has 1 fully saturated rings. The first kappa shape index (κ1) is 14.5. The van der Waals surface area contributed by atoms with E-state index in [1.165, 1.54) is 0 Å². The molecule has 1 aliphatic rings. The highest BCUT2D eigenvalue weighted by molar-refractivity contribution is 7.89. The zero-order chi connectivity index (χ0) is 14.2. The number of hydrogen-bond acceptors (Lipinski definition) is 3. The molecule has 1 saturated heterocycles. The van der Waals surface area contributed by atoms with Crippen LogP contribution in [0.3, 0.4) is 0 Å². The van der Waals surface area contributed by atoms with E-state index in [9.17, 15) is 8.42 Å². The summed E-state index contributed by atoms with van der Waals surface area (Å²) in [7, 11) is -3.40. The molecule has 0 amide bonds. The molecule has 1 N–H and O–H groups in total. The Labute approximate surface area is 115 Å². The fourth-order valence-electron chi connectivity index (χ4n) is 2.79. The molecule has 0 radical (unpaired) electrons. The molecule has 0 atom stereocenters. The van der Waals surface area contributed by atoms with E-state index < -0.39 is 10.0 Å². The van der Waals surface area contributed by atoms with Crippen molar-refractivity contribution in [3.63, 3.8) is 0 Å². The first-order valence-electron chi connectivity index (χ1n) is 6.68. The van der Waals surface area contributed by atoms with Gasteiger partial charge in [0.05, 0.1) is 4.90 Å². The summed E-state index contributed by atoms with van der Waals surface area (Å²) < 4.78 is 27.3. The number of nitrogens with one attached hydrogen (secondary N) is 1. The number of nitrogens with zero attached hydrogens (tertiary/aromatic N) is 1. The van der Waals surface area contributed by atoms with Gasteiger partial charge in [-0.3, -0.25) is 0 Å². The van der Waals surface area contributed by atoms with E-state index in [0.29, 0.717) is 11.4 Å². The molecule has 106 valence electrons. The number of likely N-dealkylation sites (N-methyl/N-ethyl adjacent to an activating group) is 1. The molecule has 1 aromatic rings. The van der Waals surface area contributed by atoms with Gasteiger partial charge >= 0.3 is 0 Å². The highest BCUT2D eigenvalue weighted by atomic mass is 32.2. The molecule has 2 rings (SSSR count). The van der Waals surface area contributed by atoms with Gasteiger partial charge in [-0.15, -0.1) is 0 Å². The van der Waals surface area contributed by atoms with E-state index in [0.717, 1.165) is 29.8 Å². The van der Waals surface area contributed by atoms with Crippen LogP contribution < -0.4 is 5.32 Å². The molecule has 0 aromatic heterocycles. The van der Waals surface area contributed by atoms with Gasteiger partial charge in [0.25, 0.3) is 0 Å². The monoisotopic (exact) mass is 282 g/mol. The average Bonchev–Trinajstić information content (AvgIpc) is 2.20. The van der Waals surface area contributed by atoms with Gasteiger partial charge in [0.1, 0.15) is 0 Å². The molecule has 1 heterocycles. The number of rotatable bonds is 4. The molecule has 0 saturated carbocycles. The van der Waals surface area contributed by atoms with Crippen LogP contribution in [0.25, 0.3) is 0 Å². The lowest BCUT2D eigenvalue weighted by Crippen LogP contribution is -2.58. The molecule has 0 bridgehead atoms. The van der Waals surface area contributed by atoms with Crippen LogP contribution in [0.2, 0.25) is 0 Å². The second-order valence-electron chi connectivity index (χ2n) is 5.25. The lowest BCUT2D eigenvalue weighted by atomic mass is 10.1. The van der Waals surface area contributed by atoms with Gasteiger partial charge in [-0.2, -0.15) is 4.31 Å². The van der Waals surface area contributed by atoms with E-state index in [-0.39, 0.29) is 6.04 Å². The second kappa shape index (κ2) is 5.23. The molecular weight excluding hydrogens is 260 g/mol. The van der Waals surface area contributed by atoms with Gasteiger partial charge in [-0.25, -0.2) is 8.42 Å². The Bertz CT molecular complexity index is 554. The van der Waals surface area contributed by atoms with E-state index in [4.69, 9.17) is 0 Å². The predicted octanol–water partition coefficient (Wildman–Crippen LogP) is 1.59. The summed E-state index contributed by atoms with van der Waals surface area (Å²) in [6.45, 7) is 9.65. The summed E-state index contributed by atoms with van der Waals surface area (Å²) in [5, 5.41) is 3.13. The minimum atomic E-state index is -3.40. The molecular formula is C14H22N2O2S. The summed E-state index contributed by atoms with van der Waals surface area (Å²) in [5.74, 6) is 0. The third kappa shape index (κ3) is 2.55. The van der Waals surface area contributed by atoms with Crippen LogP contribution >= 0.6 is 0 Å². The van der Waals surface area contributed by atoms with Crippen molar-refractivity contribution < 1.29 is 8.42 Å². The number of hydrogen-bond donors (Lipinski definition) is 1. The van der Waals surface area contributed by atoms with Crippen LogP contribution in [0.5, 0.6) is 0 Å². The normalized spacial score (nSPS) is 16.7. The van der Waals surface area contributed by atoms with E-state index >= 15 is 0 Å². The summed E-state index contributed by atoms with van der Waals surface area (Å²) >= 11 is 0. The van der Waals surface area contributed by atoms with Crippen LogP contribution in [0.1, 0.15) is 23.6 Å². The third-order valence-electron chi connectivity index (χ3n) is 3.65. The van der Waals surface area contributed by atoms with E-state index in [1.807, 2.05) is 39.8 Å². The van der Waals surface area contributed by atoms with Gasteiger partial charge in [0.2, 0.25) is 10.0 Å². The predicted molar refractivity (Wildman–Crippen MR) is 76.9 cm³/mol. The van der Waals surface area contributed by atoms with Crippen LogP contribution in [0.15, 0.2) is 17.0 Å². The summed E-state index contributed by atoms with van der Waals surface area (Å²) in [5.41, 5.74) is 2.77. The van der Waals surface area contributed by atoms with E-state index in [1.54, 1.807) is 4.31 Å². The summed E-state index contributed by atoms with van der Waals surface area (Å²) in [6.07, 6.45) is 0. The largest absolute Gasteiger partial charge is 0.313 e. The molecule has 1 aromatic carbocycles. The number of aryl methyl sites for hydroxylation is 3. The van der Waals surface area contributed by atoms with Gasteiger partial charge < -0.3 is 5.32 Å². The van der Waals surface area contributed by atoms with Crippen molar-refractivity contribution in [3.8, 4) is 0 Å². The van der Waals surface area contributed by atoms with Crippen molar-refractivity contribution in [1.82, 2.24) is 9.62 Å². The van der Waals surface area contributed by atoms with Crippen LogP contribution in [0, 0.1) is 20.8 Å². The first-order chi connectivity index (χ1) is 8.87. The van der Waals surface area contributed by atoms with Crippen molar-refractivity contribution >= 4 is 10.0 Å². The molecule has 1 aliphatic heterocycles. The summed E-state index contributed by atoms with van der Waals surface area (Å²) in [4.78, 5) is 0.479. The quantitative estimate of drug-likeness (QED) is 0.912. The van der Waals surface area contributed by atoms with Crippen molar-refractivity contribution in [2.24, 2.45) is 0 Å². The van der Waals surface area contributed by atoms with Gasteiger partial charge in [0.15, 0.2) is 0 Å². The van der Waals surface area contributed by atoms with Crippen molar-refractivity contribution in [1.29, 1.82) is 0 Å². The highest BCUT2D eigenvalue weighted by Crippen LogP contribution is 2.27. The molecule has 0 aliphatic carbocycles. The Kier molecular flexibility index (Phi) is 3.99. The molecule has 0 spiro atoms. The first-order valence-corrected chi connectivity index (χ1v) is 8.12. The Morgan fingerprint density at radius 2 is 1.74 bits per heavy atom. The lowest BCUT2D eigenvalue weighted by Gasteiger charge is -2.37. The van der Waals surface area contributed by atoms with Crippen LogP contribution in [0.4, 0.5) is 0 Å². The van der Waals surface area contributed by atoms with Crippen molar-refractivity contribution in [3.05, 3.63) is 28.8 Å². The fraction of sp³-hybridized carbons (Fsp3) is 0.571. The average molecular weight is 282 g/mol. The Balaban J connectivity index is 2.49. The smallest absolute Gasteiger partial charge is 0.243 e. The molecule has 5 heteroatoms. The zero-order valence-corrected chi connectivity index (χ0v) is 12.8. The second-order valence-corrected chi connectivity index (χ2v) is 7.08. The Morgan fingerprint density at radius 3 is 2.11 bits per heavy atom. The van der Waals surface area contributed by atoms with Crippen molar-refractivity contribution in [2.75, 3.05) is 19.6 Å². The third-order valence-corrected chi connectivity index (χ3v) is 5.98. The highest BCUT2D eigenvalue weighted by Gasteiger charge is 2.35. The minimum Gasteiger partial charge on any atom is -0.313 e. The van der Waals surface area contributed by atoms with Gasteiger partial charge in [-0.05, 0) is 31.9 Å². The maximum Gasteiger partial charge on any atom is 0.243 e. The standard InChI is InChI=1S/C14H22N2O2S/c1-5-16(13-8-15-9-13)19(17,18)14-11(3)6-10(2)7-12(14)4/h6-7,13,15H,5,8-9H2,1-4H3. The Hall–Kier alpha value is -0.910. The summed E-state index contributed by atoms with van der Waals surface area (Å²) in [6, 6.07) is 3.97. The molecule has 0 unspecified atom stereocenters. The van der Waals surface area contributed by atoms with Gasteiger partial charge in [0, 0.05) is 25.7 Å². The van der Waals surface area contributed by atoms with E-state index in [2.05, 4.69) is 5.32 Å². The molecule has 4 nitrogen and oxygen atoms in total. The number of benzene rings is 1. The fourth-order valence-corrected chi connectivity index (χ4v) is 4.84. The molecule has 19 heavy (non-hydrogen) atoms. The van der Waals surface area contributed by atoms with Crippen molar-refractivity contribution in [2.45, 2.75) is 38.6 Å². The maximum atomic E-state index is 12.8. The lowest BCUT2D eigenvalue weighted by molar-refractivity contribution is 0.249. The minimum absolute atomic E-state index is 0.0927. The van der Waals surface area contributed by atoms with Crippen LogP contribution in [-0.2, 0) is 10.0 Å². The Morgan fingerprint density at radius 1 is 1.21 bits per heavy atom. The maximum absolute atomic E-state index is 12.8. The SMILES string of the molecule is CCN(C1CNC1)S(=O)(=O)c1c(C)cc(C)cc1C. The topological polar surface area (TPSA) is 49.4 Å². The van der Waals surface area contributed by atoms with Crippen LogP contribution in [-0.4, -0.2) is 38.4 Å². The van der Waals surface area contributed by atoms with Gasteiger partial charge in [-0.1, -0.05) is 24.6 Å².